The fourth-order valence-corrected chi connectivity index (χ4v) is 3.24. The highest BCUT2D eigenvalue weighted by atomic mass is 79.9. The molecule has 5 heteroatoms. The highest BCUT2D eigenvalue weighted by Gasteiger charge is 2.07. The summed E-state index contributed by atoms with van der Waals surface area (Å²) in [6, 6.07) is 5.76. The summed E-state index contributed by atoms with van der Waals surface area (Å²) in [5, 5.41) is 4.52. The van der Waals surface area contributed by atoms with Crippen LogP contribution in [-0.2, 0) is 13.1 Å². The molecule has 0 saturated carbocycles. The van der Waals surface area contributed by atoms with Gasteiger partial charge in [-0.05, 0) is 30.2 Å². The Morgan fingerprint density at radius 3 is 2.58 bits per heavy atom. The highest BCUT2D eigenvalue weighted by Crippen LogP contribution is 2.34. The van der Waals surface area contributed by atoms with Crippen LogP contribution in [0.2, 0.25) is 10.0 Å². The monoisotopic (exact) mass is 360 g/mol. The van der Waals surface area contributed by atoms with Crippen molar-refractivity contribution in [1.29, 1.82) is 0 Å². The molecule has 0 aliphatic heterocycles. The number of benzene rings is 1. The minimum absolute atomic E-state index is 0.618. The molecule has 0 bridgehead atoms. The van der Waals surface area contributed by atoms with Crippen LogP contribution < -0.4 is 5.32 Å². The fourth-order valence-electron chi connectivity index (χ4n) is 1.89. The van der Waals surface area contributed by atoms with Gasteiger partial charge in [0.15, 0.2) is 0 Å². The molecule has 0 radical (unpaired) electrons. The number of nitrogens with one attached hydrogen (secondary N) is 1. The van der Waals surface area contributed by atoms with E-state index < -0.39 is 0 Å². The Kier molecular flexibility index (Phi) is 5.20. The molecule has 19 heavy (non-hydrogen) atoms. The van der Waals surface area contributed by atoms with Crippen LogP contribution in [-0.4, -0.2) is 4.57 Å². The van der Waals surface area contributed by atoms with Crippen LogP contribution >= 0.6 is 39.1 Å². The van der Waals surface area contributed by atoms with Crippen molar-refractivity contribution in [2.24, 2.45) is 0 Å². The van der Waals surface area contributed by atoms with Gasteiger partial charge in [-0.25, -0.2) is 0 Å². The van der Waals surface area contributed by atoms with Crippen molar-refractivity contribution in [2.45, 2.75) is 26.4 Å². The number of rotatable bonds is 5. The van der Waals surface area contributed by atoms with Gasteiger partial charge in [0.05, 0.1) is 15.7 Å². The van der Waals surface area contributed by atoms with Crippen molar-refractivity contribution in [3.8, 4) is 0 Å². The lowest BCUT2D eigenvalue weighted by Gasteiger charge is -2.10. The first-order valence-electron chi connectivity index (χ1n) is 6.13. The predicted molar refractivity (Wildman–Crippen MR) is 86.2 cm³/mol. The summed E-state index contributed by atoms with van der Waals surface area (Å²) in [4.78, 5) is 0. The largest absolute Gasteiger partial charge is 0.378 e. The van der Waals surface area contributed by atoms with Crippen molar-refractivity contribution in [3.05, 3.63) is 50.7 Å². The third-order valence-corrected chi connectivity index (χ3v) is 3.82. The minimum Gasteiger partial charge on any atom is -0.378 e. The number of nitrogens with zero attached hydrogens (tertiary/aromatic N) is 1. The molecular weight excluding hydrogens is 347 g/mol. The molecule has 1 heterocycles. The average Bonchev–Trinajstić information content (AvgIpc) is 2.76. The Morgan fingerprint density at radius 2 is 1.95 bits per heavy atom. The molecule has 2 rings (SSSR count). The van der Waals surface area contributed by atoms with Crippen molar-refractivity contribution < 1.29 is 0 Å². The molecule has 0 aliphatic carbocycles. The Morgan fingerprint density at radius 1 is 1.26 bits per heavy atom. The van der Waals surface area contributed by atoms with E-state index in [9.17, 15) is 0 Å². The Balaban J connectivity index is 2.05. The van der Waals surface area contributed by atoms with Gasteiger partial charge in [-0.15, -0.1) is 0 Å². The quantitative estimate of drug-likeness (QED) is 0.735. The zero-order valence-electron chi connectivity index (χ0n) is 10.6. The second kappa shape index (κ2) is 6.69. The van der Waals surface area contributed by atoms with E-state index in [1.807, 2.05) is 12.1 Å². The average molecular weight is 362 g/mol. The van der Waals surface area contributed by atoms with Gasteiger partial charge in [-0.1, -0.05) is 46.1 Å². The van der Waals surface area contributed by atoms with Gasteiger partial charge in [-0.2, -0.15) is 0 Å². The molecule has 2 aromatic rings. The normalized spacial score (nSPS) is 10.7. The van der Waals surface area contributed by atoms with Gasteiger partial charge < -0.3 is 9.88 Å². The molecule has 1 aromatic heterocycles. The standard InChI is InChI=1S/C14H15BrCl2N2/c1-2-4-19-5-3-10(9-19)8-18-14-12(16)6-11(15)7-13(14)17/h3,5-7,9,18H,2,4,8H2,1H3. The molecule has 1 N–H and O–H groups in total. The van der Waals surface area contributed by atoms with E-state index in [0.717, 1.165) is 23.1 Å². The molecule has 0 fully saturated rings. The molecule has 0 spiro atoms. The summed E-state index contributed by atoms with van der Waals surface area (Å²) >= 11 is 15.7. The van der Waals surface area contributed by atoms with E-state index >= 15 is 0 Å². The van der Waals surface area contributed by atoms with E-state index in [4.69, 9.17) is 23.2 Å². The second-order valence-corrected chi connectivity index (χ2v) is 6.09. The van der Waals surface area contributed by atoms with E-state index in [2.05, 4.69) is 51.2 Å². The summed E-state index contributed by atoms with van der Waals surface area (Å²) in [6.45, 7) is 3.91. The van der Waals surface area contributed by atoms with Gasteiger partial charge in [-0.3, -0.25) is 0 Å². The fraction of sp³-hybridized carbons (Fsp3) is 0.286. The van der Waals surface area contributed by atoms with Crippen LogP contribution in [0.1, 0.15) is 18.9 Å². The van der Waals surface area contributed by atoms with Gasteiger partial charge >= 0.3 is 0 Å². The number of aromatic nitrogens is 1. The number of hydrogen-bond donors (Lipinski definition) is 1. The van der Waals surface area contributed by atoms with Crippen LogP contribution in [0.5, 0.6) is 0 Å². The number of halogens is 3. The lowest BCUT2D eigenvalue weighted by atomic mass is 10.3. The Hall–Kier alpha value is -0.640. The van der Waals surface area contributed by atoms with E-state index in [-0.39, 0.29) is 0 Å². The molecule has 0 saturated heterocycles. The number of anilines is 1. The van der Waals surface area contributed by atoms with Gasteiger partial charge in [0.25, 0.3) is 0 Å². The zero-order valence-corrected chi connectivity index (χ0v) is 13.7. The first-order chi connectivity index (χ1) is 9.10. The number of hydrogen-bond acceptors (Lipinski definition) is 1. The maximum Gasteiger partial charge on any atom is 0.0722 e. The number of aryl methyl sites for hydroxylation is 1. The summed E-state index contributed by atoms with van der Waals surface area (Å²) in [5.74, 6) is 0. The van der Waals surface area contributed by atoms with Gasteiger partial charge in [0.2, 0.25) is 0 Å². The molecule has 102 valence electrons. The molecule has 0 unspecified atom stereocenters. The highest BCUT2D eigenvalue weighted by molar-refractivity contribution is 9.10. The van der Waals surface area contributed by atoms with E-state index in [1.54, 1.807) is 0 Å². The second-order valence-electron chi connectivity index (χ2n) is 4.36. The van der Waals surface area contributed by atoms with E-state index in [1.165, 1.54) is 5.56 Å². The van der Waals surface area contributed by atoms with E-state index in [0.29, 0.717) is 16.6 Å². The van der Waals surface area contributed by atoms with Crippen LogP contribution in [0.4, 0.5) is 5.69 Å². The predicted octanol–water partition coefficient (Wildman–Crippen LogP) is 5.58. The molecule has 2 nitrogen and oxygen atoms in total. The smallest absolute Gasteiger partial charge is 0.0722 e. The van der Waals surface area contributed by atoms with Crippen LogP contribution in [0.25, 0.3) is 0 Å². The lowest BCUT2D eigenvalue weighted by Crippen LogP contribution is -2.00. The molecule has 0 amide bonds. The molecule has 0 atom stereocenters. The molecule has 1 aromatic carbocycles. The van der Waals surface area contributed by atoms with Crippen molar-refractivity contribution >= 4 is 44.8 Å². The summed E-state index contributed by atoms with van der Waals surface area (Å²) in [6.07, 6.45) is 5.36. The lowest BCUT2D eigenvalue weighted by molar-refractivity contribution is 0.682. The van der Waals surface area contributed by atoms with Gasteiger partial charge in [0.1, 0.15) is 0 Å². The maximum absolute atomic E-state index is 6.17. The molecule has 0 aliphatic rings. The Bertz CT molecular complexity index is 543. The third kappa shape index (κ3) is 3.91. The van der Waals surface area contributed by atoms with Gasteiger partial charge in [0, 0.05) is 30.0 Å². The zero-order chi connectivity index (χ0) is 13.8. The third-order valence-electron chi connectivity index (χ3n) is 2.77. The van der Waals surface area contributed by atoms with Crippen LogP contribution in [0.3, 0.4) is 0 Å². The Labute approximate surface area is 131 Å². The van der Waals surface area contributed by atoms with Crippen molar-refractivity contribution in [2.75, 3.05) is 5.32 Å². The molecular formula is C14H15BrCl2N2. The summed E-state index contributed by atoms with van der Waals surface area (Å²) < 4.78 is 3.06. The van der Waals surface area contributed by atoms with Crippen LogP contribution in [0, 0.1) is 0 Å². The summed E-state index contributed by atoms with van der Waals surface area (Å²) in [5.41, 5.74) is 1.98. The van der Waals surface area contributed by atoms with Crippen molar-refractivity contribution in [1.82, 2.24) is 4.57 Å². The van der Waals surface area contributed by atoms with Crippen molar-refractivity contribution in [3.63, 3.8) is 0 Å². The van der Waals surface area contributed by atoms with Crippen LogP contribution in [0.15, 0.2) is 35.1 Å². The summed E-state index contributed by atoms with van der Waals surface area (Å²) in [7, 11) is 0. The SMILES string of the molecule is CCCn1ccc(CNc2c(Cl)cc(Br)cc2Cl)c1. The first kappa shape index (κ1) is 14.8. The first-order valence-corrected chi connectivity index (χ1v) is 7.68. The minimum atomic E-state index is 0.618. The topological polar surface area (TPSA) is 17.0 Å². The maximum atomic E-state index is 6.17.